The Kier molecular flexibility index (Phi) is 4.81. The Hall–Kier alpha value is -3.46. The molecule has 0 amide bonds. The van der Waals surface area contributed by atoms with E-state index in [2.05, 4.69) is 9.71 Å². The normalized spacial score (nSPS) is 13.5. The SMILES string of the molecule is O=[N+]([O-])c1cc(S(=O)(=O)Nc2ccccc2)ccc1N1C=CC=NC=C1. The highest BCUT2D eigenvalue weighted by atomic mass is 32.2. The minimum Gasteiger partial charge on any atom is -0.316 e. The van der Waals surface area contributed by atoms with Crippen LogP contribution in [0.2, 0.25) is 0 Å². The summed E-state index contributed by atoms with van der Waals surface area (Å²) in [6, 6.07) is 12.0. The van der Waals surface area contributed by atoms with Gasteiger partial charge in [-0.1, -0.05) is 18.2 Å². The van der Waals surface area contributed by atoms with Crippen molar-refractivity contribution in [2.75, 3.05) is 9.62 Å². The lowest BCUT2D eigenvalue weighted by Gasteiger charge is -2.15. The lowest BCUT2D eigenvalue weighted by atomic mass is 10.2. The molecular weight excluding hydrogens is 356 g/mol. The van der Waals surface area contributed by atoms with Crippen LogP contribution in [0.15, 0.2) is 83.1 Å². The van der Waals surface area contributed by atoms with Crippen LogP contribution < -0.4 is 9.62 Å². The predicted octanol–water partition coefficient (Wildman–Crippen LogP) is 3.27. The molecule has 0 aromatic heterocycles. The van der Waals surface area contributed by atoms with Crippen LogP contribution in [0.5, 0.6) is 0 Å². The van der Waals surface area contributed by atoms with E-state index in [1.54, 1.807) is 48.8 Å². The third-order valence-corrected chi connectivity index (χ3v) is 4.87. The highest BCUT2D eigenvalue weighted by Crippen LogP contribution is 2.32. The molecule has 9 heteroatoms. The maximum Gasteiger partial charge on any atom is 0.294 e. The van der Waals surface area contributed by atoms with Crippen molar-refractivity contribution < 1.29 is 13.3 Å². The van der Waals surface area contributed by atoms with E-state index >= 15 is 0 Å². The first-order valence-electron chi connectivity index (χ1n) is 7.49. The molecular formula is C17H14N4O4S. The maximum absolute atomic E-state index is 12.5. The summed E-state index contributed by atoms with van der Waals surface area (Å²) in [6.45, 7) is 0. The van der Waals surface area contributed by atoms with Crippen molar-refractivity contribution in [2.45, 2.75) is 4.90 Å². The Morgan fingerprint density at radius 1 is 1.08 bits per heavy atom. The first-order valence-corrected chi connectivity index (χ1v) is 8.97. The largest absolute Gasteiger partial charge is 0.316 e. The monoisotopic (exact) mass is 370 g/mol. The Bertz CT molecular complexity index is 998. The van der Waals surface area contributed by atoms with Crippen LogP contribution in [-0.2, 0) is 10.0 Å². The van der Waals surface area contributed by atoms with Crippen LogP contribution in [-0.4, -0.2) is 19.6 Å². The molecule has 2 aromatic carbocycles. The van der Waals surface area contributed by atoms with E-state index in [0.29, 0.717) is 5.69 Å². The number of nitrogens with one attached hydrogen (secondary N) is 1. The van der Waals surface area contributed by atoms with Gasteiger partial charge in [-0.25, -0.2) is 8.42 Å². The van der Waals surface area contributed by atoms with Crippen LogP contribution >= 0.6 is 0 Å². The average Bonchev–Trinajstić information content (AvgIpc) is 2.91. The minimum absolute atomic E-state index is 0.198. The van der Waals surface area contributed by atoms with Gasteiger partial charge < -0.3 is 4.90 Å². The highest BCUT2D eigenvalue weighted by molar-refractivity contribution is 7.92. The first kappa shape index (κ1) is 17.4. The second kappa shape index (κ2) is 7.19. The van der Waals surface area contributed by atoms with Gasteiger partial charge in [-0.3, -0.25) is 19.8 Å². The number of nitrogens with zero attached hydrogens (tertiary/aromatic N) is 3. The van der Waals surface area contributed by atoms with E-state index in [1.165, 1.54) is 29.4 Å². The molecule has 1 heterocycles. The number of nitro groups is 1. The summed E-state index contributed by atoms with van der Waals surface area (Å²) in [7, 11) is -3.96. The fraction of sp³-hybridized carbons (Fsp3) is 0. The van der Waals surface area contributed by atoms with Gasteiger partial charge in [0.1, 0.15) is 5.69 Å². The lowest BCUT2D eigenvalue weighted by Crippen LogP contribution is -2.14. The summed E-state index contributed by atoms with van der Waals surface area (Å²) >= 11 is 0. The predicted molar refractivity (Wildman–Crippen MR) is 99.6 cm³/mol. The van der Waals surface area contributed by atoms with Crippen LogP contribution in [0.4, 0.5) is 17.1 Å². The third-order valence-electron chi connectivity index (χ3n) is 3.49. The van der Waals surface area contributed by atoms with Gasteiger partial charge in [-0.15, -0.1) is 0 Å². The number of hydrogen-bond donors (Lipinski definition) is 1. The standard InChI is InChI=1S/C17H14N4O4S/c22-21(23)17-13-15(26(24,25)19-14-5-2-1-3-6-14)7-8-16(17)20-11-4-9-18-10-12-20/h1-13,19H. The Morgan fingerprint density at radius 2 is 1.85 bits per heavy atom. The van der Waals surface area contributed by atoms with Gasteiger partial charge >= 0.3 is 0 Å². The van der Waals surface area contributed by atoms with Crippen molar-refractivity contribution in [3.63, 3.8) is 0 Å². The molecule has 0 spiro atoms. The number of para-hydroxylation sites is 1. The van der Waals surface area contributed by atoms with Crippen LogP contribution in [0.1, 0.15) is 0 Å². The Labute approximate surface area is 150 Å². The molecule has 0 atom stereocenters. The van der Waals surface area contributed by atoms with E-state index in [4.69, 9.17) is 0 Å². The van der Waals surface area contributed by atoms with Gasteiger partial charge in [0.15, 0.2) is 0 Å². The molecule has 0 saturated carbocycles. The quantitative estimate of drug-likeness (QED) is 0.642. The zero-order valence-corrected chi connectivity index (χ0v) is 14.2. The Balaban J connectivity index is 1.99. The lowest BCUT2D eigenvalue weighted by molar-refractivity contribution is -0.384. The van der Waals surface area contributed by atoms with Crippen molar-refractivity contribution >= 4 is 33.3 Å². The Morgan fingerprint density at radius 3 is 2.58 bits per heavy atom. The smallest absolute Gasteiger partial charge is 0.294 e. The number of rotatable bonds is 5. The molecule has 26 heavy (non-hydrogen) atoms. The summed E-state index contributed by atoms with van der Waals surface area (Å²) < 4.78 is 27.4. The van der Waals surface area contributed by atoms with Gasteiger partial charge in [0.05, 0.1) is 9.82 Å². The second-order valence-corrected chi connectivity index (χ2v) is 6.91. The van der Waals surface area contributed by atoms with Gasteiger partial charge in [0, 0.05) is 36.6 Å². The summed E-state index contributed by atoms with van der Waals surface area (Å²) in [5, 5.41) is 11.5. The number of sulfonamides is 1. The molecule has 1 N–H and O–H groups in total. The highest BCUT2D eigenvalue weighted by Gasteiger charge is 2.23. The molecule has 0 bridgehead atoms. The molecule has 0 saturated heterocycles. The van der Waals surface area contributed by atoms with Crippen LogP contribution in [0.3, 0.4) is 0 Å². The number of aliphatic imine (C=N–C) groups is 1. The zero-order valence-electron chi connectivity index (χ0n) is 13.4. The van der Waals surface area contributed by atoms with Crippen molar-refractivity contribution in [1.82, 2.24) is 0 Å². The molecule has 132 valence electrons. The number of benzene rings is 2. The average molecular weight is 370 g/mol. The molecule has 0 aliphatic carbocycles. The van der Waals surface area contributed by atoms with Crippen molar-refractivity contribution in [2.24, 2.45) is 4.99 Å². The van der Waals surface area contributed by atoms with E-state index in [0.717, 1.165) is 6.07 Å². The number of hydrogen-bond acceptors (Lipinski definition) is 6. The topological polar surface area (TPSA) is 105 Å². The number of allylic oxidation sites excluding steroid dienone is 1. The van der Waals surface area contributed by atoms with Gasteiger partial charge in [-0.05, 0) is 30.3 Å². The summed E-state index contributed by atoms with van der Waals surface area (Å²) in [5.41, 5.74) is 0.263. The fourth-order valence-electron chi connectivity index (χ4n) is 2.31. The summed E-state index contributed by atoms with van der Waals surface area (Å²) in [4.78, 5) is 16.1. The van der Waals surface area contributed by atoms with Crippen LogP contribution in [0, 0.1) is 10.1 Å². The van der Waals surface area contributed by atoms with Crippen molar-refractivity contribution in [1.29, 1.82) is 0 Å². The number of nitro benzene ring substituents is 1. The van der Waals surface area contributed by atoms with Gasteiger partial charge in [0.2, 0.25) is 0 Å². The van der Waals surface area contributed by atoms with Crippen molar-refractivity contribution in [3.8, 4) is 0 Å². The molecule has 0 fully saturated rings. The molecule has 0 unspecified atom stereocenters. The third kappa shape index (κ3) is 3.78. The van der Waals surface area contributed by atoms with Crippen molar-refractivity contribution in [3.05, 3.63) is 83.3 Å². The minimum atomic E-state index is -3.96. The van der Waals surface area contributed by atoms with Crippen LogP contribution in [0.25, 0.3) is 0 Å². The second-order valence-electron chi connectivity index (χ2n) is 5.22. The number of anilines is 2. The van der Waals surface area contributed by atoms with E-state index in [1.807, 2.05) is 0 Å². The molecule has 3 rings (SSSR count). The van der Waals surface area contributed by atoms with E-state index < -0.39 is 14.9 Å². The van der Waals surface area contributed by atoms with Gasteiger partial charge in [-0.2, -0.15) is 0 Å². The molecule has 8 nitrogen and oxygen atoms in total. The molecule has 1 aliphatic rings. The molecule has 0 radical (unpaired) electrons. The zero-order chi connectivity index (χ0) is 18.6. The van der Waals surface area contributed by atoms with E-state index in [9.17, 15) is 18.5 Å². The molecule has 1 aliphatic heterocycles. The van der Waals surface area contributed by atoms with Gasteiger partial charge in [0.25, 0.3) is 15.7 Å². The summed E-state index contributed by atoms with van der Waals surface area (Å²) in [6.07, 6.45) is 7.76. The maximum atomic E-state index is 12.5. The fourth-order valence-corrected chi connectivity index (χ4v) is 3.38. The first-order chi connectivity index (χ1) is 12.5. The summed E-state index contributed by atoms with van der Waals surface area (Å²) in [5.74, 6) is 0. The molecule has 2 aromatic rings. The van der Waals surface area contributed by atoms with E-state index in [-0.39, 0.29) is 16.3 Å².